The number of sulfone groups is 1. The Morgan fingerprint density at radius 1 is 0.815 bits per heavy atom. The average Bonchev–Trinajstić information content (AvgIpc) is 2.68. The fourth-order valence-corrected chi connectivity index (χ4v) is 3.61. The van der Waals surface area contributed by atoms with Gasteiger partial charge >= 0.3 is 0 Å². The molecule has 1 amide bonds. The molecule has 0 fully saturated rings. The van der Waals surface area contributed by atoms with Crippen LogP contribution in [0.4, 0.5) is 5.69 Å². The maximum absolute atomic E-state index is 12.2. The van der Waals surface area contributed by atoms with E-state index < -0.39 is 21.5 Å². The number of carbonyl (C=O) groups excluding carboxylic acids is 1. The largest absolute Gasteiger partial charge is 0.489 e. The number of anilines is 1. The monoisotopic (exact) mass is 381 g/mol. The number of nitrogens with one attached hydrogen (secondary N) is 1. The molecule has 0 spiro atoms. The third-order valence-electron chi connectivity index (χ3n) is 3.81. The zero-order chi connectivity index (χ0) is 19.1. The SMILES string of the molecule is O=C(CS(=O)(=O)c1ccccc1)Nc1ccc(OCc2ccccc2)cc1. The molecule has 27 heavy (non-hydrogen) atoms. The number of hydrogen-bond donors (Lipinski definition) is 1. The fraction of sp³-hybridized carbons (Fsp3) is 0.0952. The second-order valence-electron chi connectivity index (χ2n) is 5.92. The van der Waals surface area contributed by atoms with Crippen molar-refractivity contribution < 1.29 is 17.9 Å². The van der Waals surface area contributed by atoms with Crippen molar-refractivity contribution in [3.05, 3.63) is 90.5 Å². The highest BCUT2D eigenvalue weighted by molar-refractivity contribution is 7.92. The van der Waals surface area contributed by atoms with Crippen LogP contribution in [0, 0.1) is 0 Å². The summed E-state index contributed by atoms with van der Waals surface area (Å²) in [6.45, 7) is 0.446. The van der Waals surface area contributed by atoms with E-state index in [0.29, 0.717) is 18.0 Å². The van der Waals surface area contributed by atoms with Crippen LogP contribution >= 0.6 is 0 Å². The van der Waals surface area contributed by atoms with Crippen LogP contribution in [0.3, 0.4) is 0 Å². The van der Waals surface area contributed by atoms with Gasteiger partial charge in [0.25, 0.3) is 0 Å². The predicted octanol–water partition coefficient (Wildman–Crippen LogP) is 3.68. The summed E-state index contributed by atoms with van der Waals surface area (Å²) in [4.78, 5) is 12.2. The summed E-state index contributed by atoms with van der Waals surface area (Å²) >= 11 is 0. The molecule has 0 heterocycles. The first kappa shape index (κ1) is 18.7. The van der Waals surface area contributed by atoms with Crippen LogP contribution in [0.5, 0.6) is 5.75 Å². The van der Waals surface area contributed by atoms with E-state index >= 15 is 0 Å². The number of benzene rings is 3. The quantitative estimate of drug-likeness (QED) is 0.678. The van der Waals surface area contributed by atoms with E-state index in [1.165, 1.54) is 12.1 Å². The molecule has 6 heteroatoms. The minimum atomic E-state index is -3.66. The zero-order valence-corrected chi connectivity index (χ0v) is 15.4. The van der Waals surface area contributed by atoms with Crippen molar-refractivity contribution in [1.29, 1.82) is 0 Å². The van der Waals surface area contributed by atoms with Gasteiger partial charge in [0.2, 0.25) is 5.91 Å². The summed E-state index contributed by atoms with van der Waals surface area (Å²) in [7, 11) is -3.66. The predicted molar refractivity (Wildman–Crippen MR) is 104 cm³/mol. The van der Waals surface area contributed by atoms with Crippen LogP contribution in [0.1, 0.15) is 5.56 Å². The maximum Gasteiger partial charge on any atom is 0.239 e. The minimum absolute atomic E-state index is 0.129. The normalized spacial score (nSPS) is 11.0. The van der Waals surface area contributed by atoms with E-state index in [9.17, 15) is 13.2 Å². The van der Waals surface area contributed by atoms with Gasteiger partial charge in [0.15, 0.2) is 9.84 Å². The number of carbonyl (C=O) groups is 1. The summed E-state index contributed by atoms with van der Waals surface area (Å²) in [5.74, 6) is -0.533. The third kappa shape index (κ3) is 5.43. The van der Waals surface area contributed by atoms with E-state index in [1.807, 2.05) is 30.3 Å². The van der Waals surface area contributed by atoms with Crippen molar-refractivity contribution in [2.45, 2.75) is 11.5 Å². The molecule has 0 saturated carbocycles. The molecule has 0 aliphatic heterocycles. The molecule has 3 rings (SSSR count). The van der Waals surface area contributed by atoms with Gasteiger partial charge in [0.1, 0.15) is 18.1 Å². The lowest BCUT2D eigenvalue weighted by Crippen LogP contribution is -2.22. The Kier molecular flexibility index (Phi) is 5.88. The topological polar surface area (TPSA) is 72.5 Å². The first-order valence-corrected chi connectivity index (χ1v) is 10.0. The molecule has 138 valence electrons. The molecule has 0 aliphatic carbocycles. The Morgan fingerprint density at radius 2 is 1.41 bits per heavy atom. The van der Waals surface area contributed by atoms with E-state index in [1.54, 1.807) is 42.5 Å². The molecule has 1 N–H and O–H groups in total. The zero-order valence-electron chi connectivity index (χ0n) is 14.5. The van der Waals surface area contributed by atoms with Gasteiger partial charge in [-0.15, -0.1) is 0 Å². The summed E-state index contributed by atoms with van der Waals surface area (Å²) in [5, 5.41) is 2.60. The molecule has 3 aromatic rings. The van der Waals surface area contributed by atoms with Crippen molar-refractivity contribution in [2.75, 3.05) is 11.1 Å². The molecule has 0 aromatic heterocycles. The molecule has 0 aliphatic rings. The lowest BCUT2D eigenvalue weighted by Gasteiger charge is -2.09. The molecule has 0 bridgehead atoms. The Balaban J connectivity index is 1.55. The smallest absolute Gasteiger partial charge is 0.239 e. The Labute approximate surface area is 158 Å². The van der Waals surface area contributed by atoms with Crippen molar-refractivity contribution in [3.63, 3.8) is 0 Å². The summed E-state index contributed by atoms with van der Waals surface area (Å²) in [6, 6.07) is 24.5. The Morgan fingerprint density at radius 3 is 2.04 bits per heavy atom. The van der Waals surface area contributed by atoms with Crippen LogP contribution in [0.25, 0.3) is 0 Å². The highest BCUT2D eigenvalue weighted by atomic mass is 32.2. The lowest BCUT2D eigenvalue weighted by atomic mass is 10.2. The summed E-state index contributed by atoms with van der Waals surface area (Å²) < 4.78 is 30.1. The van der Waals surface area contributed by atoms with E-state index in [4.69, 9.17) is 4.74 Å². The Bertz CT molecular complexity index is 985. The third-order valence-corrected chi connectivity index (χ3v) is 5.44. The number of amides is 1. The van der Waals surface area contributed by atoms with Gasteiger partial charge in [-0.05, 0) is 42.0 Å². The van der Waals surface area contributed by atoms with Crippen LogP contribution in [-0.4, -0.2) is 20.1 Å². The van der Waals surface area contributed by atoms with Crippen molar-refractivity contribution in [2.24, 2.45) is 0 Å². The van der Waals surface area contributed by atoms with E-state index in [0.717, 1.165) is 5.56 Å². The minimum Gasteiger partial charge on any atom is -0.489 e. The first-order valence-electron chi connectivity index (χ1n) is 8.37. The molecule has 5 nitrogen and oxygen atoms in total. The second kappa shape index (κ2) is 8.51. The van der Waals surface area contributed by atoms with E-state index in [-0.39, 0.29) is 4.90 Å². The van der Waals surface area contributed by atoms with Crippen LogP contribution in [-0.2, 0) is 21.2 Å². The molecule has 0 radical (unpaired) electrons. The van der Waals surface area contributed by atoms with Gasteiger partial charge in [0.05, 0.1) is 4.90 Å². The number of ether oxygens (including phenoxy) is 1. The van der Waals surface area contributed by atoms with Gasteiger partial charge < -0.3 is 10.1 Å². The molecule has 3 aromatic carbocycles. The highest BCUT2D eigenvalue weighted by Gasteiger charge is 2.19. The van der Waals surface area contributed by atoms with Crippen LogP contribution < -0.4 is 10.1 Å². The standard InChI is InChI=1S/C21H19NO4S/c23-21(16-27(24,25)20-9-5-2-6-10-20)22-18-11-13-19(14-12-18)26-15-17-7-3-1-4-8-17/h1-14H,15-16H2,(H,22,23). The maximum atomic E-state index is 12.2. The van der Waals surface area contributed by atoms with Gasteiger partial charge in [-0.2, -0.15) is 0 Å². The summed E-state index contributed by atoms with van der Waals surface area (Å²) in [6.07, 6.45) is 0. The van der Waals surface area contributed by atoms with Gasteiger partial charge in [0, 0.05) is 5.69 Å². The first-order chi connectivity index (χ1) is 13.0. The molecule has 0 unspecified atom stereocenters. The lowest BCUT2D eigenvalue weighted by molar-refractivity contribution is -0.113. The van der Waals surface area contributed by atoms with E-state index in [2.05, 4.69) is 5.32 Å². The average molecular weight is 381 g/mol. The molecule has 0 saturated heterocycles. The highest BCUT2D eigenvalue weighted by Crippen LogP contribution is 2.18. The van der Waals surface area contributed by atoms with Gasteiger partial charge in [-0.3, -0.25) is 4.79 Å². The number of hydrogen-bond acceptors (Lipinski definition) is 4. The van der Waals surface area contributed by atoms with Crippen LogP contribution in [0.2, 0.25) is 0 Å². The van der Waals surface area contributed by atoms with Gasteiger partial charge in [-0.25, -0.2) is 8.42 Å². The molecular formula is C21H19NO4S. The molecule has 0 atom stereocenters. The van der Waals surface area contributed by atoms with Crippen molar-refractivity contribution in [1.82, 2.24) is 0 Å². The Hall–Kier alpha value is -3.12. The van der Waals surface area contributed by atoms with Crippen molar-refractivity contribution in [3.8, 4) is 5.75 Å². The molecular weight excluding hydrogens is 362 g/mol. The fourth-order valence-electron chi connectivity index (χ4n) is 2.46. The number of rotatable bonds is 7. The van der Waals surface area contributed by atoms with Gasteiger partial charge in [-0.1, -0.05) is 48.5 Å². The van der Waals surface area contributed by atoms with Crippen molar-refractivity contribution >= 4 is 21.4 Å². The van der Waals surface area contributed by atoms with Crippen LogP contribution in [0.15, 0.2) is 89.8 Å². The second-order valence-corrected chi connectivity index (χ2v) is 7.91. The summed E-state index contributed by atoms with van der Waals surface area (Å²) in [5.41, 5.74) is 1.57.